The second kappa shape index (κ2) is 8.55. The minimum absolute atomic E-state index is 0.204. The predicted molar refractivity (Wildman–Crippen MR) is 107 cm³/mol. The average molecular weight is 382 g/mol. The van der Waals surface area contributed by atoms with E-state index in [0.717, 1.165) is 21.4 Å². The number of carbonyl (C=O) groups is 1. The summed E-state index contributed by atoms with van der Waals surface area (Å²) in [5, 5.41) is 4.73. The number of nitrogens with one attached hydrogen (secondary N) is 1. The summed E-state index contributed by atoms with van der Waals surface area (Å²) in [5.74, 6) is 0.0424. The van der Waals surface area contributed by atoms with E-state index in [-0.39, 0.29) is 6.61 Å². The second-order valence-corrected chi connectivity index (χ2v) is 6.64. The molecule has 3 aromatic rings. The van der Waals surface area contributed by atoms with E-state index < -0.39 is 11.5 Å². The Morgan fingerprint density at radius 1 is 1.22 bits per heavy atom. The van der Waals surface area contributed by atoms with Crippen molar-refractivity contribution >= 4 is 34.9 Å². The average Bonchev–Trinajstić information content (AvgIpc) is 2.66. The zero-order chi connectivity index (χ0) is 19.2. The number of ether oxygens (including phenoxy) is 1. The maximum absolute atomic E-state index is 11.9. The molecule has 0 spiro atoms. The smallest absolute Gasteiger partial charge is 0.336 e. The molecule has 0 atom stereocenters. The molecule has 0 saturated heterocycles. The van der Waals surface area contributed by atoms with E-state index in [4.69, 9.17) is 9.15 Å². The van der Waals surface area contributed by atoms with E-state index in [2.05, 4.69) is 10.5 Å². The second-order valence-electron chi connectivity index (χ2n) is 5.76. The van der Waals surface area contributed by atoms with Crippen molar-refractivity contribution in [3.05, 3.63) is 70.1 Å². The van der Waals surface area contributed by atoms with Gasteiger partial charge in [0.1, 0.15) is 11.3 Å². The van der Waals surface area contributed by atoms with Gasteiger partial charge in [0.15, 0.2) is 6.61 Å². The Morgan fingerprint density at radius 3 is 2.74 bits per heavy atom. The van der Waals surface area contributed by atoms with E-state index in [0.29, 0.717) is 11.3 Å². The minimum Gasteiger partial charge on any atom is -0.484 e. The van der Waals surface area contributed by atoms with Crippen molar-refractivity contribution in [3.8, 4) is 5.75 Å². The quantitative estimate of drug-likeness (QED) is 0.306. The summed E-state index contributed by atoms with van der Waals surface area (Å²) in [6, 6.07) is 14.3. The Balaban J connectivity index is 1.56. The van der Waals surface area contributed by atoms with Crippen LogP contribution in [0.15, 0.2) is 67.7 Å². The first kappa shape index (κ1) is 18.7. The first-order chi connectivity index (χ1) is 13.0. The third kappa shape index (κ3) is 4.98. The summed E-state index contributed by atoms with van der Waals surface area (Å²) < 4.78 is 10.6. The van der Waals surface area contributed by atoms with Crippen molar-refractivity contribution in [1.29, 1.82) is 0 Å². The molecule has 0 aliphatic rings. The van der Waals surface area contributed by atoms with Crippen LogP contribution in [0.5, 0.6) is 5.75 Å². The van der Waals surface area contributed by atoms with Crippen molar-refractivity contribution in [3.63, 3.8) is 0 Å². The van der Waals surface area contributed by atoms with Gasteiger partial charge < -0.3 is 9.15 Å². The highest BCUT2D eigenvalue weighted by Gasteiger charge is 2.06. The summed E-state index contributed by atoms with van der Waals surface area (Å²) in [6.07, 6.45) is 3.57. The first-order valence-corrected chi connectivity index (χ1v) is 9.41. The van der Waals surface area contributed by atoms with Crippen LogP contribution in [0.4, 0.5) is 0 Å². The van der Waals surface area contributed by atoms with Crippen LogP contribution in [0.3, 0.4) is 0 Å². The van der Waals surface area contributed by atoms with Crippen LogP contribution in [0, 0.1) is 6.92 Å². The van der Waals surface area contributed by atoms with Crippen LogP contribution in [-0.2, 0) is 4.79 Å². The first-order valence-electron chi connectivity index (χ1n) is 8.18. The highest BCUT2D eigenvalue weighted by molar-refractivity contribution is 7.98. The van der Waals surface area contributed by atoms with Crippen LogP contribution in [0.25, 0.3) is 11.0 Å². The molecule has 2 aromatic carbocycles. The molecule has 0 radical (unpaired) electrons. The molecular weight excluding hydrogens is 364 g/mol. The molecule has 138 valence electrons. The zero-order valence-electron chi connectivity index (χ0n) is 14.9. The van der Waals surface area contributed by atoms with Gasteiger partial charge in [0, 0.05) is 22.4 Å². The Kier molecular flexibility index (Phi) is 5.93. The number of hydrogen-bond acceptors (Lipinski definition) is 6. The van der Waals surface area contributed by atoms with Crippen LogP contribution >= 0.6 is 11.8 Å². The van der Waals surface area contributed by atoms with E-state index in [1.807, 2.05) is 37.4 Å². The van der Waals surface area contributed by atoms with Gasteiger partial charge in [-0.3, -0.25) is 4.79 Å². The van der Waals surface area contributed by atoms with Gasteiger partial charge in [0.25, 0.3) is 5.91 Å². The number of fused-ring (bicyclic) bond motifs is 1. The van der Waals surface area contributed by atoms with E-state index in [9.17, 15) is 9.59 Å². The number of carbonyl (C=O) groups excluding carboxylic acids is 1. The van der Waals surface area contributed by atoms with Gasteiger partial charge in [-0.05, 0) is 48.6 Å². The lowest BCUT2D eigenvalue weighted by Crippen LogP contribution is -2.24. The molecule has 1 heterocycles. The summed E-state index contributed by atoms with van der Waals surface area (Å²) in [4.78, 5) is 24.5. The van der Waals surface area contributed by atoms with Crippen molar-refractivity contribution in [2.45, 2.75) is 11.8 Å². The molecule has 0 fully saturated rings. The number of nitrogens with zero attached hydrogens (tertiary/aromatic N) is 1. The maximum atomic E-state index is 11.9. The standard InChI is InChI=1S/C20H18N2O4S/c1-13-9-20(24)26-18-10-15(5-8-17(13)18)25-12-19(23)22-21-11-14-3-6-16(27-2)7-4-14/h3-11H,12H2,1-2H3,(H,22,23)/b21-11-. The number of hydrogen-bond donors (Lipinski definition) is 1. The largest absolute Gasteiger partial charge is 0.484 e. The van der Waals surface area contributed by atoms with Crippen LogP contribution in [0.1, 0.15) is 11.1 Å². The van der Waals surface area contributed by atoms with Gasteiger partial charge in [-0.15, -0.1) is 11.8 Å². The van der Waals surface area contributed by atoms with Gasteiger partial charge in [-0.1, -0.05) is 12.1 Å². The van der Waals surface area contributed by atoms with Gasteiger partial charge in [0.2, 0.25) is 0 Å². The SMILES string of the molecule is CSc1ccc(/C=N\NC(=O)COc2ccc3c(C)cc(=O)oc3c2)cc1. The Hall–Kier alpha value is -3.06. The normalized spacial score (nSPS) is 11.0. The van der Waals surface area contributed by atoms with Crippen molar-refractivity contribution in [1.82, 2.24) is 5.43 Å². The topological polar surface area (TPSA) is 80.9 Å². The van der Waals surface area contributed by atoms with Crippen LogP contribution in [0.2, 0.25) is 0 Å². The van der Waals surface area contributed by atoms with Gasteiger partial charge in [0.05, 0.1) is 6.21 Å². The third-order valence-corrected chi connectivity index (χ3v) is 4.55. The lowest BCUT2D eigenvalue weighted by Gasteiger charge is -2.06. The summed E-state index contributed by atoms with van der Waals surface area (Å²) >= 11 is 1.66. The summed E-state index contributed by atoms with van der Waals surface area (Å²) in [7, 11) is 0. The molecule has 6 nitrogen and oxygen atoms in total. The Bertz CT molecular complexity index is 1040. The fourth-order valence-electron chi connectivity index (χ4n) is 2.44. The van der Waals surface area contributed by atoms with Gasteiger partial charge in [-0.2, -0.15) is 5.10 Å². The number of amides is 1. The van der Waals surface area contributed by atoms with Crippen molar-refractivity contribution in [2.75, 3.05) is 12.9 Å². The van der Waals surface area contributed by atoms with E-state index >= 15 is 0 Å². The van der Waals surface area contributed by atoms with E-state index in [1.165, 1.54) is 6.07 Å². The molecule has 1 N–H and O–H groups in total. The molecule has 1 amide bonds. The third-order valence-electron chi connectivity index (χ3n) is 3.81. The Labute approximate surface area is 160 Å². The monoisotopic (exact) mass is 382 g/mol. The molecule has 27 heavy (non-hydrogen) atoms. The van der Waals surface area contributed by atoms with Crippen LogP contribution in [-0.4, -0.2) is 25.0 Å². The minimum atomic E-state index is -0.421. The number of thioether (sulfide) groups is 1. The molecule has 1 aromatic heterocycles. The molecule has 0 unspecified atom stereocenters. The molecule has 0 bridgehead atoms. The molecule has 0 saturated carbocycles. The fourth-order valence-corrected chi connectivity index (χ4v) is 2.85. The zero-order valence-corrected chi connectivity index (χ0v) is 15.7. The van der Waals surface area contributed by atoms with Crippen LogP contribution < -0.4 is 15.8 Å². The molecule has 3 rings (SSSR count). The van der Waals surface area contributed by atoms with E-state index in [1.54, 1.807) is 36.2 Å². The lowest BCUT2D eigenvalue weighted by molar-refractivity contribution is -0.123. The van der Waals surface area contributed by atoms with Crippen molar-refractivity contribution < 1.29 is 13.9 Å². The lowest BCUT2D eigenvalue weighted by atomic mass is 10.1. The molecule has 0 aliphatic carbocycles. The maximum Gasteiger partial charge on any atom is 0.336 e. The summed E-state index contributed by atoms with van der Waals surface area (Å²) in [5.41, 5.74) is 4.12. The predicted octanol–water partition coefficient (Wildman–Crippen LogP) is 3.35. The molecule has 0 aliphatic heterocycles. The number of benzene rings is 2. The number of rotatable bonds is 6. The number of hydrazone groups is 1. The highest BCUT2D eigenvalue weighted by atomic mass is 32.2. The van der Waals surface area contributed by atoms with Crippen molar-refractivity contribution in [2.24, 2.45) is 5.10 Å². The molecule has 7 heteroatoms. The Morgan fingerprint density at radius 2 is 2.00 bits per heavy atom. The number of aryl methyl sites for hydroxylation is 1. The fraction of sp³-hybridized carbons (Fsp3) is 0.150. The summed E-state index contributed by atoms with van der Waals surface area (Å²) in [6.45, 7) is 1.63. The van der Waals surface area contributed by atoms with Gasteiger partial charge in [-0.25, -0.2) is 10.2 Å². The highest BCUT2D eigenvalue weighted by Crippen LogP contribution is 2.22. The molecular formula is C20H18N2O4S. The van der Waals surface area contributed by atoms with Gasteiger partial charge >= 0.3 is 5.63 Å².